The van der Waals surface area contributed by atoms with Gasteiger partial charge >= 0.3 is 0 Å². The SMILES string of the molecule is COC(C)(C)CCOCc1ccc(Br)c(N)c1. The van der Waals surface area contributed by atoms with E-state index in [0.717, 1.165) is 22.1 Å². The summed E-state index contributed by atoms with van der Waals surface area (Å²) in [5.74, 6) is 0. The van der Waals surface area contributed by atoms with Crippen molar-refractivity contribution in [3.8, 4) is 0 Å². The highest BCUT2D eigenvalue weighted by molar-refractivity contribution is 9.10. The molecular formula is C13H20BrNO2. The van der Waals surface area contributed by atoms with Crippen LogP contribution < -0.4 is 5.73 Å². The quantitative estimate of drug-likeness (QED) is 0.647. The van der Waals surface area contributed by atoms with Crippen molar-refractivity contribution in [2.45, 2.75) is 32.5 Å². The van der Waals surface area contributed by atoms with E-state index in [1.807, 2.05) is 32.0 Å². The van der Waals surface area contributed by atoms with Crippen molar-refractivity contribution >= 4 is 21.6 Å². The molecular weight excluding hydrogens is 282 g/mol. The molecule has 0 saturated carbocycles. The van der Waals surface area contributed by atoms with Crippen LogP contribution in [0.3, 0.4) is 0 Å². The molecule has 0 bridgehead atoms. The molecule has 4 heteroatoms. The lowest BCUT2D eigenvalue weighted by molar-refractivity contribution is -0.0124. The first kappa shape index (κ1) is 14.5. The van der Waals surface area contributed by atoms with Gasteiger partial charge in [0.15, 0.2) is 0 Å². The zero-order valence-electron chi connectivity index (χ0n) is 10.6. The number of ether oxygens (including phenoxy) is 2. The zero-order valence-corrected chi connectivity index (χ0v) is 12.2. The molecule has 1 aromatic rings. The summed E-state index contributed by atoms with van der Waals surface area (Å²) in [4.78, 5) is 0. The number of anilines is 1. The molecule has 0 radical (unpaired) electrons. The Balaban J connectivity index is 2.34. The van der Waals surface area contributed by atoms with E-state index < -0.39 is 0 Å². The molecule has 0 fully saturated rings. The van der Waals surface area contributed by atoms with Crippen molar-refractivity contribution in [3.63, 3.8) is 0 Å². The Morgan fingerprint density at radius 1 is 1.35 bits per heavy atom. The van der Waals surface area contributed by atoms with E-state index in [9.17, 15) is 0 Å². The van der Waals surface area contributed by atoms with Crippen LogP contribution in [0.4, 0.5) is 5.69 Å². The van der Waals surface area contributed by atoms with E-state index in [1.165, 1.54) is 0 Å². The van der Waals surface area contributed by atoms with E-state index >= 15 is 0 Å². The fourth-order valence-electron chi connectivity index (χ4n) is 1.29. The normalized spacial score (nSPS) is 11.8. The second kappa shape index (κ2) is 6.38. The first-order valence-corrected chi connectivity index (χ1v) is 6.41. The summed E-state index contributed by atoms with van der Waals surface area (Å²) in [5.41, 5.74) is 7.49. The van der Waals surface area contributed by atoms with Crippen molar-refractivity contribution in [3.05, 3.63) is 28.2 Å². The van der Waals surface area contributed by atoms with Crippen LogP contribution in [-0.2, 0) is 16.1 Å². The van der Waals surface area contributed by atoms with Crippen LogP contribution in [0.25, 0.3) is 0 Å². The lowest BCUT2D eigenvalue weighted by Crippen LogP contribution is -2.24. The van der Waals surface area contributed by atoms with Gasteiger partial charge in [0, 0.05) is 23.9 Å². The highest BCUT2D eigenvalue weighted by atomic mass is 79.9. The maximum absolute atomic E-state index is 5.79. The monoisotopic (exact) mass is 301 g/mol. The van der Waals surface area contributed by atoms with Gasteiger partial charge in [-0.25, -0.2) is 0 Å². The van der Waals surface area contributed by atoms with E-state index in [-0.39, 0.29) is 5.60 Å². The Morgan fingerprint density at radius 3 is 2.65 bits per heavy atom. The van der Waals surface area contributed by atoms with Crippen LogP contribution in [0, 0.1) is 0 Å². The minimum atomic E-state index is -0.126. The third-order valence-electron chi connectivity index (χ3n) is 2.73. The molecule has 0 aliphatic heterocycles. The molecule has 0 unspecified atom stereocenters. The molecule has 3 nitrogen and oxygen atoms in total. The van der Waals surface area contributed by atoms with Crippen molar-refractivity contribution < 1.29 is 9.47 Å². The van der Waals surface area contributed by atoms with Gasteiger partial charge in [-0.3, -0.25) is 0 Å². The van der Waals surface area contributed by atoms with Crippen LogP contribution >= 0.6 is 15.9 Å². The average molecular weight is 302 g/mol. The van der Waals surface area contributed by atoms with Crippen LogP contribution in [0.5, 0.6) is 0 Å². The molecule has 0 spiro atoms. The van der Waals surface area contributed by atoms with Crippen molar-refractivity contribution in [1.82, 2.24) is 0 Å². The first-order chi connectivity index (χ1) is 7.94. The molecule has 0 aliphatic carbocycles. The molecule has 0 aliphatic rings. The van der Waals surface area contributed by atoms with Gasteiger partial charge in [0.05, 0.1) is 12.2 Å². The maximum atomic E-state index is 5.79. The number of rotatable bonds is 6. The molecule has 1 aromatic carbocycles. The predicted octanol–water partition coefficient (Wildman–Crippen LogP) is 3.36. The van der Waals surface area contributed by atoms with Crippen molar-refractivity contribution in [1.29, 1.82) is 0 Å². The molecule has 0 saturated heterocycles. The van der Waals surface area contributed by atoms with E-state index in [4.69, 9.17) is 15.2 Å². The number of hydrogen-bond acceptors (Lipinski definition) is 3. The van der Waals surface area contributed by atoms with Gasteiger partial charge in [0.25, 0.3) is 0 Å². The second-order valence-corrected chi connectivity index (χ2v) is 5.48. The zero-order chi connectivity index (χ0) is 12.9. The maximum Gasteiger partial charge on any atom is 0.0717 e. The van der Waals surface area contributed by atoms with Gasteiger partial charge in [-0.05, 0) is 53.9 Å². The lowest BCUT2D eigenvalue weighted by atomic mass is 10.1. The first-order valence-electron chi connectivity index (χ1n) is 5.61. The van der Waals surface area contributed by atoms with Crippen LogP contribution in [0.2, 0.25) is 0 Å². The summed E-state index contributed by atoms with van der Waals surface area (Å²) in [6, 6.07) is 5.86. The highest BCUT2D eigenvalue weighted by Crippen LogP contribution is 2.21. The smallest absolute Gasteiger partial charge is 0.0717 e. The van der Waals surface area contributed by atoms with Crippen LogP contribution in [0.1, 0.15) is 25.8 Å². The Kier molecular flexibility index (Phi) is 5.43. The van der Waals surface area contributed by atoms with Gasteiger partial charge in [-0.15, -0.1) is 0 Å². The van der Waals surface area contributed by atoms with E-state index in [1.54, 1.807) is 7.11 Å². The highest BCUT2D eigenvalue weighted by Gasteiger charge is 2.15. The Bertz CT molecular complexity index is 366. The molecule has 0 aromatic heterocycles. The molecule has 17 heavy (non-hydrogen) atoms. The Morgan fingerprint density at radius 2 is 2.06 bits per heavy atom. The average Bonchev–Trinajstić information content (AvgIpc) is 2.29. The van der Waals surface area contributed by atoms with Gasteiger partial charge in [-0.1, -0.05) is 6.07 Å². The molecule has 96 valence electrons. The fourth-order valence-corrected chi connectivity index (χ4v) is 1.54. The van der Waals surface area contributed by atoms with Gasteiger partial charge in [-0.2, -0.15) is 0 Å². The third kappa shape index (κ3) is 5.06. The number of nitrogens with two attached hydrogens (primary N) is 1. The molecule has 0 atom stereocenters. The van der Waals surface area contributed by atoms with Gasteiger partial charge in [0.1, 0.15) is 0 Å². The predicted molar refractivity (Wildman–Crippen MR) is 73.9 cm³/mol. The molecule has 2 N–H and O–H groups in total. The summed E-state index contributed by atoms with van der Waals surface area (Å²) in [6.07, 6.45) is 0.871. The van der Waals surface area contributed by atoms with E-state index in [0.29, 0.717) is 13.2 Å². The number of methoxy groups -OCH3 is 1. The summed E-state index contributed by atoms with van der Waals surface area (Å²) < 4.78 is 11.8. The van der Waals surface area contributed by atoms with Crippen molar-refractivity contribution in [2.24, 2.45) is 0 Å². The molecule has 1 rings (SSSR count). The summed E-state index contributed by atoms with van der Waals surface area (Å²) >= 11 is 3.36. The minimum Gasteiger partial charge on any atom is -0.398 e. The van der Waals surface area contributed by atoms with Gasteiger partial charge in [0.2, 0.25) is 0 Å². The fraction of sp³-hybridized carbons (Fsp3) is 0.538. The summed E-state index contributed by atoms with van der Waals surface area (Å²) in [5, 5.41) is 0. The lowest BCUT2D eigenvalue weighted by Gasteiger charge is -2.22. The number of nitrogen functional groups attached to an aromatic ring is 1. The summed E-state index contributed by atoms with van der Waals surface area (Å²) in [6.45, 7) is 5.36. The van der Waals surface area contributed by atoms with Crippen LogP contribution in [0.15, 0.2) is 22.7 Å². The van der Waals surface area contributed by atoms with Crippen LogP contribution in [-0.4, -0.2) is 19.3 Å². The Hall–Kier alpha value is -0.580. The minimum absolute atomic E-state index is 0.126. The second-order valence-electron chi connectivity index (χ2n) is 4.62. The van der Waals surface area contributed by atoms with Gasteiger partial charge < -0.3 is 15.2 Å². The summed E-state index contributed by atoms with van der Waals surface area (Å²) in [7, 11) is 1.72. The molecule has 0 heterocycles. The largest absolute Gasteiger partial charge is 0.398 e. The molecule has 0 amide bonds. The number of halogens is 1. The Labute approximate surface area is 111 Å². The third-order valence-corrected chi connectivity index (χ3v) is 3.45. The topological polar surface area (TPSA) is 44.5 Å². The number of hydrogen-bond donors (Lipinski definition) is 1. The van der Waals surface area contributed by atoms with Crippen molar-refractivity contribution in [2.75, 3.05) is 19.5 Å². The standard InChI is InChI=1S/C13H20BrNO2/c1-13(2,16-3)6-7-17-9-10-4-5-11(14)12(15)8-10/h4-5,8H,6-7,9,15H2,1-3H3. The van der Waals surface area contributed by atoms with E-state index in [2.05, 4.69) is 15.9 Å². The number of benzene rings is 1.